The molecule has 11 atom stereocenters. The van der Waals surface area contributed by atoms with E-state index in [-0.39, 0.29) is 66.7 Å². The van der Waals surface area contributed by atoms with Crippen molar-refractivity contribution in [3.05, 3.63) is 64.8 Å². The van der Waals surface area contributed by atoms with Crippen LogP contribution < -0.4 is 11.5 Å². The summed E-state index contributed by atoms with van der Waals surface area (Å²) in [5.74, 6) is -3.53. The van der Waals surface area contributed by atoms with E-state index in [4.69, 9.17) is 11.5 Å². The van der Waals surface area contributed by atoms with Gasteiger partial charge in [-0.1, -0.05) is 84.0 Å². The Labute approximate surface area is 307 Å². The molecule has 0 saturated heterocycles. The van der Waals surface area contributed by atoms with Gasteiger partial charge in [-0.25, -0.2) is 4.79 Å². The molecule has 10 heteroatoms. The molecule has 8 N–H and O–H groups in total. The van der Waals surface area contributed by atoms with E-state index < -0.39 is 56.8 Å². The molecule has 5 aliphatic rings. The van der Waals surface area contributed by atoms with Gasteiger partial charge in [0.1, 0.15) is 5.78 Å². The zero-order chi connectivity index (χ0) is 38.4. The van der Waals surface area contributed by atoms with Crippen LogP contribution in [0.15, 0.2) is 64.2 Å². The van der Waals surface area contributed by atoms with Gasteiger partial charge in [-0.3, -0.25) is 14.6 Å². The van der Waals surface area contributed by atoms with E-state index in [0.29, 0.717) is 30.4 Å². The molecule has 0 aromatic heterocycles. The van der Waals surface area contributed by atoms with Crippen molar-refractivity contribution in [3.8, 4) is 0 Å². The lowest BCUT2D eigenvalue weighted by atomic mass is 9.35. The van der Waals surface area contributed by atoms with E-state index in [1.54, 1.807) is 0 Å². The Balaban J connectivity index is 1.56. The fourth-order valence-corrected chi connectivity index (χ4v) is 12.4. The number of carboxylic acid groups (broad SMARTS) is 1. The number of aliphatic imine (C=N–C) groups is 1. The van der Waals surface area contributed by atoms with Crippen molar-refractivity contribution in [3.63, 3.8) is 0 Å². The molecule has 0 aliphatic heterocycles. The number of aliphatic hydroxyl groups excluding tert-OH is 1. The quantitative estimate of drug-likeness (QED) is 0.118. The van der Waals surface area contributed by atoms with Crippen molar-refractivity contribution >= 4 is 29.6 Å². The first-order valence-electron chi connectivity index (χ1n) is 18.8. The molecule has 5 aliphatic carbocycles. The van der Waals surface area contributed by atoms with Crippen molar-refractivity contribution in [2.24, 2.45) is 67.7 Å². The average Bonchev–Trinajstić information content (AvgIpc) is 3.24. The summed E-state index contributed by atoms with van der Waals surface area (Å²) in [6, 6.07) is 9.85. The Morgan fingerprint density at radius 2 is 1.69 bits per heavy atom. The molecule has 6 rings (SSSR count). The molecule has 0 amide bonds. The minimum atomic E-state index is -1.52. The number of allylic oxidation sites excluding steroid dienone is 1. The third kappa shape index (κ3) is 5.22. The Morgan fingerprint density at radius 1 is 1.04 bits per heavy atom. The molecule has 282 valence electrons. The second-order valence-corrected chi connectivity index (χ2v) is 17.9. The minimum absolute atomic E-state index is 0.0108. The second-order valence-electron chi connectivity index (χ2n) is 17.9. The number of carbonyl (C=O) groups is 3. The van der Waals surface area contributed by atoms with Gasteiger partial charge in [0.15, 0.2) is 11.7 Å². The zero-order valence-corrected chi connectivity index (χ0v) is 31.6. The number of hydrogen-bond acceptors (Lipinski definition) is 7. The number of ketones is 2. The molecule has 0 bridgehead atoms. The van der Waals surface area contributed by atoms with Crippen LogP contribution in [-0.2, 0) is 14.4 Å². The van der Waals surface area contributed by atoms with Crippen LogP contribution in [0.2, 0.25) is 0 Å². The topological polar surface area (TPSA) is 197 Å². The van der Waals surface area contributed by atoms with E-state index in [1.165, 1.54) is 13.0 Å². The molecule has 0 heterocycles. The van der Waals surface area contributed by atoms with Gasteiger partial charge in [-0.15, -0.1) is 0 Å². The predicted molar refractivity (Wildman–Crippen MR) is 199 cm³/mol. The maximum absolute atomic E-state index is 15.1. The first-order chi connectivity index (χ1) is 24.1. The van der Waals surface area contributed by atoms with Crippen LogP contribution in [0.5, 0.6) is 0 Å². The van der Waals surface area contributed by atoms with Crippen molar-refractivity contribution in [2.45, 2.75) is 104 Å². The van der Waals surface area contributed by atoms with Crippen LogP contribution in [-0.4, -0.2) is 67.8 Å². The number of rotatable bonds is 9. The summed E-state index contributed by atoms with van der Waals surface area (Å²) in [4.78, 5) is 44.8. The molecule has 52 heavy (non-hydrogen) atoms. The lowest BCUT2D eigenvalue weighted by molar-refractivity contribution is -0.190. The monoisotopic (exact) mass is 715 g/mol. The van der Waals surface area contributed by atoms with Crippen molar-refractivity contribution in [1.82, 2.24) is 0 Å². The van der Waals surface area contributed by atoms with E-state index in [9.17, 15) is 30.0 Å². The third-order valence-corrected chi connectivity index (χ3v) is 15.2. The lowest BCUT2D eigenvalue weighted by Crippen LogP contribution is -2.71. The van der Waals surface area contributed by atoms with Gasteiger partial charge in [0.05, 0.1) is 17.3 Å². The summed E-state index contributed by atoms with van der Waals surface area (Å²) in [5.41, 5.74) is 7.31. The van der Waals surface area contributed by atoms with Crippen LogP contribution >= 0.6 is 0 Å². The number of fused-ring (bicyclic) bond motifs is 2. The third-order valence-electron chi connectivity index (χ3n) is 15.2. The number of aliphatic carboxylic acids is 1. The maximum Gasteiger partial charge on any atom is 0.331 e. The lowest BCUT2D eigenvalue weighted by Gasteiger charge is -2.69. The maximum atomic E-state index is 15.1. The highest BCUT2D eigenvalue weighted by molar-refractivity contribution is 6.01. The summed E-state index contributed by atoms with van der Waals surface area (Å²) in [6.07, 6.45) is 5.85. The number of guanidine groups is 1. The van der Waals surface area contributed by atoms with Crippen LogP contribution in [0.4, 0.5) is 0 Å². The van der Waals surface area contributed by atoms with E-state index in [1.807, 2.05) is 71.0 Å². The Kier molecular flexibility index (Phi) is 9.16. The van der Waals surface area contributed by atoms with Crippen molar-refractivity contribution in [1.29, 1.82) is 0 Å². The number of Topliss-reactive ketones (excluding diaryl/α,β-unsaturated/α-hetero) is 2. The molecule has 1 aromatic carbocycles. The normalized spacial score (nSPS) is 39.8. The molecule has 0 spiro atoms. The number of hydrogen-bond donors (Lipinski definition) is 6. The standard InChI is InChI=1S/C42H57N3O7/c1-23(35(49)50)19-29(46)26(22-45-36(43)44)24(2)28-20-41(51)17-18-42(52)27(14-13-25-11-9-8-10-12-25)33-37(3,4)31(48)15-16-38(33,5)32-30(47)21-39(28,6)40(41,7)34(32)42/h8-14,19,24,26-29,33,46,51-52H,15-18,20-22H2,1-7H3,(H,49,50)(H4,43,44,45)/t24-,26+,27+,28+,29-,33+,38-,39-,40+,41-,42+/m1/s1. The molecule has 0 unspecified atom stereocenters. The zero-order valence-electron chi connectivity index (χ0n) is 31.6. The van der Waals surface area contributed by atoms with Gasteiger partial charge in [-0.05, 0) is 73.0 Å². The molecule has 10 nitrogen and oxygen atoms in total. The van der Waals surface area contributed by atoms with Crippen LogP contribution in [0.25, 0.3) is 6.08 Å². The number of nitrogens with zero attached hydrogens (tertiary/aromatic N) is 1. The number of nitrogens with two attached hydrogens (primary N) is 2. The van der Waals surface area contributed by atoms with E-state index >= 15 is 4.79 Å². The van der Waals surface area contributed by atoms with E-state index in [0.717, 1.165) is 5.56 Å². The fourth-order valence-electron chi connectivity index (χ4n) is 12.4. The van der Waals surface area contributed by atoms with Gasteiger partial charge < -0.3 is 31.9 Å². The SMILES string of the molecule is CC(=C[C@@H](O)[C@@H](CN=C(N)N)[C@@H](C)[C@@H]1C[C@]2(O)CC[C@@]3(O)C4=C(C(=O)C[C@@]1(C)[C@]42C)[C@@]1(C)CCC(=O)C(C)(C)[C@@H]1[C@@H]3C=Cc1ccccc1)C(=O)O. The van der Waals surface area contributed by atoms with Gasteiger partial charge in [0, 0.05) is 58.6 Å². The predicted octanol–water partition coefficient (Wildman–Crippen LogP) is 4.82. The number of aliphatic hydroxyl groups is 3. The highest BCUT2D eigenvalue weighted by Gasteiger charge is 2.79. The highest BCUT2D eigenvalue weighted by atomic mass is 16.4. The minimum Gasteiger partial charge on any atom is -0.478 e. The largest absolute Gasteiger partial charge is 0.478 e. The van der Waals surface area contributed by atoms with Crippen LogP contribution in [0, 0.1) is 51.2 Å². The van der Waals surface area contributed by atoms with Gasteiger partial charge >= 0.3 is 5.97 Å². The van der Waals surface area contributed by atoms with Gasteiger partial charge in [0.25, 0.3) is 0 Å². The molecule has 1 aromatic rings. The number of benzene rings is 1. The van der Waals surface area contributed by atoms with Crippen LogP contribution in [0.3, 0.4) is 0 Å². The number of carbonyl (C=O) groups excluding carboxylic acids is 2. The first kappa shape index (κ1) is 38.1. The Hall–Kier alpha value is -3.60. The highest BCUT2D eigenvalue weighted by Crippen LogP contribution is 2.79. The summed E-state index contributed by atoms with van der Waals surface area (Å²) in [6.45, 7) is 13.5. The van der Waals surface area contributed by atoms with Gasteiger partial charge in [-0.2, -0.15) is 0 Å². The summed E-state index contributed by atoms with van der Waals surface area (Å²) < 4.78 is 0. The van der Waals surface area contributed by atoms with Crippen molar-refractivity contribution in [2.75, 3.05) is 6.54 Å². The Morgan fingerprint density at radius 3 is 2.31 bits per heavy atom. The van der Waals surface area contributed by atoms with Gasteiger partial charge in [0.2, 0.25) is 0 Å². The first-order valence-corrected chi connectivity index (χ1v) is 18.8. The van der Waals surface area contributed by atoms with E-state index in [2.05, 4.69) is 18.0 Å². The molecule has 0 radical (unpaired) electrons. The van der Waals surface area contributed by atoms with Crippen LogP contribution in [0.1, 0.15) is 92.6 Å². The molecular weight excluding hydrogens is 658 g/mol. The number of carboxylic acids is 1. The molecule has 3 fully saturated rings. The summed E-state index contributed by atoms with van der Waals surface area (Å²) in [7, 11) is 0. The summed E-state index contributed by atoms with van der Waals surface area (Å²) >= 11 is 0. The smallest absolute Gasteiger partial charge is 0.331 e. The summed E-state index contributed by atoms with van der Waals surface area (Å²) in [5, 5.41) is 47.6. The van der Waals surface area contributed by atoms with Crippen molar-refractivity contribution < 1.29 is 34.8 Å². The molecular formula is C42H57N3O7. The average molecular weight is 716 g/mol. The second kappa shape index (κ2) is 12.5. The molecule has 3 saturated carbocycles. The Bertz CT molecular complexity index is 1790. The fraction of sp³-hybridized carbons (Fsp3) is 0.619.